The first-order valence-electron chi connectivity index (χ1n) is 9.56. The van der Waals surface area contributed by atoms with E-state index in [1.54, 1.807) is 29.7 Å². The zero-order chi connectivity index (χ0) is 22.0. The average Bonchev–Trinajstić information content (AvgIpc) is 3.38. The maximum atomic E-state index is 12.9. The fourth-order valence-corrected chi connectivity index (χ4v) is 5.53. The highest BCUT2D eigenvalue weighted by Crippen LogP contribution is 2.29. The number of sulfonamides is 1. The molecule has 0 aliphatic carbocycles. The Labute approximate surface area is 182 Å². The highest BCUT2D eigenvalue weighted by atomic mass is 32.2. The van der Waals surface area contributed by atoms with Crippen molar-refractivity contribution < 1.29 is 22.5 Å². The molecule has 0 unspecified atom stereocenters. The van der Waals surface area contributed by atoms with Crippen LogP contribution in [0.15, 0.2) is 50.2 Å². The van der Waals surface area contributed by atoms with E-state index in [9.17, 15) is 18.5 Å². The van der Waals surface area contributed by atoms with Gasteiger partial charge in [0.1, 0.15) is 10.7 Å². The first-order chi connectivity index (χ1) is 14.9. The molecule has 0 amide bonds. The third kappa shape index (κ3) is 4.37. The third-order valence-corrected chi connectivity index (χ3v) is 7.50. The summed E-state index contributed by atoms with van der Waals surface area (Å²) in [6.45, 7) is 4.06. The Balaban J connectivity index is 1.59. The van der Waals surface area contributed by atoms with E-state index in [1.165, 1.54) is 28.2 Å². The van der Waals surface area contributed by atoms with Crippen molar-refractivity contribution >= 4 is 44.8 Å². The van der Waals surface area contributed by atoms with Gasteiger partial charge < -0.3 is 13.7 Å². The molecule has 164 valence electrons. The van der Waals surface area contributed by atoms with Crippen molar-refractivity contribution in [1.82, 2.24) is 13.9 Å². The monoisotopic (exact) mass is 464 g/mol. The summed E-state index contributed by atoms with van der Waals surface area (Å²) in [5.74, 6) is 0.0386. The number of nitrogens with zero attached hydrogens (tertiary/aromatic N) is 4. The molecule has 0 atom stereocenters. The number of rotatable bonds is 7. The Morgan fingerprint density at radius 3 is 2.71 bits per heavy atom. The normalized spacial score (nSPS) is 15.8. The number of fused-ring (bicyclic) bond motifs is 1. The van der Waals surface area contributed by atoms with E-state index in [4.69, 9.17) is 9.15 Å². The second-order valence-corrected chi connectivity index (χ2v) is 9.47. The summed E-state index contributed by atoms with van der Waals surface area (Å²) in [5.41, 5.74) is 1.41. The quantitative estimate of drug-likeness (QED) is 0.297. The van der Waals surface area contributed by atoms with Gasteiger partial charge in [-0.05, 0) is 42.7 Å². The van der Waals surface area contributed by atoms with Crippen LogP contribution in [0.25, 0.3) is 17.1 Å². The highest BCUT2D eigenvalue weighted by molar-refractivity contribution is 8.02. The number of aromatic nitrogens is 2. The number of hydrogen-bond acceptors (Lipinski definition) is 8. The lowest BCUT2D eigenvalue weighted by molar-refractivity contribution is -0.402. The summed E-state index contributed by atoms with van der Waals surface area (Å²) in [6.07, 6.45) is 1.62. The van der Waals surface area contributed by atoms with Crippen LogP contribution in [0.1, 0.15) is 12.7 Å². The molecule has 4 rings (SSSR count). The van der Waals surface area contributed by atoms with Gasteiger partial charge in [-0.2, -0.15) is 4.31 Å². The average molecular weight is 465 g/mol. The molecular weight excluding hydrogens is 444 g/mol. The molecule has 1 fully saturated rings. The van der Waals surface area contributed by atoms with Crippen LogP contribution in [-0.4, -0.2) is 53.5 Å². The number of hydrogen-bond donors (Lipinski definition) is 0. The van der Waals surface area contributed by atoms with Gasteiger partial charge in [-0.3, -0.25) is 10.1 Å². The molecule has 31 heavy (non-hydrogen) atoms. The van der Waals surface area contributed by atoms with Crippen LogP contribution in [0.2, 0.25) is 0 Å². The van der Waals surface area contributed by atoms with Gasteiger partial charge >= 0.3 is 5.88 Å². The second-order valence-electron chi connectivity index (χ2n) is 6.66. The SMILES string of the molecule is CCn1c(S/C=C/c2ccc([N+](=O)[O-])o2)nc2cc(S(=O)(=O)N3CCOCC3)ccc21. The van der Waals surface area contributed by atoms with Crippen molar-refractivity contribution in [3.8, 4) is 0 Å². The van der Waals surface area contributed by atoms with Gasteiger partial charge in [-0.25, -0.2) is 13.4 Å². The molecule has 0 saturated carbocycles. The van der Waals surface area contributed by atoms with Gasteiger partial charge in [0.2, 0.25) is 10.0 Å². The third-order valence-electron chi connectivity index (χ3n) is 4.81. The molecule has 0 bridgehead atoms. The first kappa shape index (κ1) is 21.6. The molecule has 1 aliphatic heterocycles. The molecule has 12 heteroatoms. The number of thioether (sulfide) groups is 1. The van der Waals surface area contributed by atoms with E-state index >= 15 is 0 Å². The Hall–Kier alpha value is -2.67. The zero-order valence-electron chi connectivity index (χ0n) is 16.6. The number of ether oxygens (including phenoxy) is 1. The number of morpholine rings is 1. The van der Waals surface area contributed by atoms with Crippen LogP contribution in [0.4, 0.5) is 5.88 Å². The smallest absolute Gasteiger partial charge is 0.401 e. The fourth-order valence-electron chi connectivity index (χ4n) is 3.27. The minimum atomic E-state index is -3.61. The zero-order valence-corrected chi connectivity index (χ0v) is 18.3. The summed E-state index contributed by atoms with van der Waals surface area (Å²) in [4.78, 5) is 14.9. The lowest BCUT2D eigenvalue weighted by Gasteiger charge is -2.26. The summed E-state index contributed by atoms with van der Waals surface area (Å²) in [5, 5.41) is 13.1. The predicted molar refractivity (Wildman–Crippen MR) is 115 cm³/mol. The van der Waals surface area contributed by atoms with Crippen molar-refractivity contribution in [3.05, 3.63) is 51.6 Å². The van der Waals surface area contributed by atoms with Gasteiger partial charge in [-0.1, -0.05) is 11.8 Å². The number of aryl methyl sites for hydroxylation is 1. The van der Waals surface area contributed by atoms with E-state index in [0.717, 1.165) is 5.52 Å². The predicted octanol–water partition coefficient (Wildman–Crippen LogP) is 3.34. The minimum absolute atomic E-state index is 0.206. The molecule has 3 aromatic rings. The van der Waals surface area contributed by atoms with Crippen LogP contribution in [0.3, 0.4) is 0 Å². The van der Waals surface area contributed by atoms with Gasteiger partial charge in [0.15, 0.2) is 5.16 Å². The maximum absolute atomic E-state index is 12.9. The molecule has 1 aromatic carbocycles. The second kappa shape index (κ2) is 8.83. The van der Waals surface area contributed by atoms with E-state index < -0.39 is 14.9 Å². The van der Waals surface area contributed by atoms with Crippen LogP contribution < -0.4 is 0 Å². The Kier molecular flexibility index (Phi) is 6.14. The molecule has 2 aromatic heterocycles. The maximum Gasteiger partial charge on any atom is 0.433 e. The summed E-state index contributed by atoms with van der Waals surface area (Å²) in [6, 6.07) is 7.77. The largest absolute Gasteiger partial charge is 0.433 e. The van der Waals surface area contributed by atoms with Gasteiger partial charge in [-0.15, -0.1) is 0 Å². The lowest BCUT2D eigenvalue weighted by Crippen LogP contribution is -2.40. The Morgan fingerprint density at radius 1 is 1.26 bits per heavy atom. The minimum Gasteiger partial charge on any atom is -0.401 e. The lowest BCUT2D eigenvalue weighted by atomic mass is 10.3. The topological polar surface area (TPSA) is 121 Å². The molecule has 3 heterocycles. The number of nitro groups is 1. The first-order valence-corrected chi connectivity index (χ1v) is 11.9. The van der Waals surface area contributed by atoms with Crippen LogP contribution in [-0.2, 0) is 21.3 Å². The number of imidazole rings is 1. The standard InChI is InChI=1S/C19H20N4O6S2/c1-2-22-17-5-4-15(31(26,27)21-8-10-28-11-9-21)13-16(17)20-19(22)30-12-7-14-3-6-18(29-14)23(24)25/h3-7,12-13H,2,8-11H2,1H3/b12-7+. The molecule has 10 nitrogen and oxygen atoms in total. The van der Waals surface area contributed by atoms with Gasteiger partial charge in [0.25, 0.3) is 0 Å². The van der Waals surface area contributed by atoms with Gasteiger partial charge in [0, 0.05) is 19.6 Å². The molecule has 0 radical (unpaired) electrons. The van der Waals surface area contributed by atoms with E-state index in [1.807, 2.05) is 11.5 Å². The molecular formula is C19H20N4O6S2. The Morgan fingerprint density at radius 2 is 2.03 bits per heavy atom. The number of furan rings is 1. The number of benzene rings is 1. The summed E-state index contributed by atoms with van der Waals surface area (Å²) < 4.78 is 39.6. The molecule has 0 spiro atoms. The summed E-state index contributed by atoms with van der Waals surface area (Å²) >= 11 is 1.32. The highest BCUT2D eigenvalue weighted by Gasteiger charge is 2.27. The molecule has 1 saturated heterocycles. The van der Waals surface area contributed by atoms with Gasteiger partial charge in [0.05, 0.1) is 35.2 Å². The van der Waals surface area contributed by atoms with E-state index in [0.29, 0.717) is 49.3 Å². The Bertz CT molecular complexity index is 1240. The van der Waals surface area contributed by atoms with Crippen LogP contribution >= 0.6 is 11.8 Å². The van der Waals surface area contributed by atoms with E-state index in [2.05, 4.69) is 4.98 Å². The molecule has 0 N–H and O–H groups in total. The van der Waals surface area contributed by atoms with Crippen LogP contribution in [0, 0.1) is 10.1 Å². The summed E-state index contributed by atoms with van der Waals surface area (Å²) in [7, 11) is -3.61. The molecule has 1 aliphatic rings. The van der Waals surface area contributed by atoms with Crippen molar-refractivity contribution in [2.45, 2.75) is 23.5 Å². The van der Waals surface area contributed by atoms with Crippen molar-refractivity contribution in [2.24, 2.45) is 0 Å². The van der Waals surface area contributed by atoms with Crippen molar-refractivity contribution in [2.75, 3.05) is 26.3 Å². The van der Waals surface area contributed by atoms with Crippen molar-refractivity contribution in [1.29, 1.82) is 0 Å². The fraction of sp³-hybridized carbons (Fsp3) is 0.316. The van der Waals surface area contributed by atoms with Crippen molar-refractivity contribution in [3.63, 3.8) is 0 Å². The van der Waals surface area contributed by atoms with E-state index in [-0.39, 0.29) is 10.8 Å². The van der Waals surface area contributed by atoms with Crippen LogP contribution in [0.5, 0.6) is 0 Å².